The third kappa shape index (κ3) is 2.08. The summed E-state index contributed by atoms with van der Waals surface area (Å²) in [7, 11) is 0. The van der Waals surface area contributed by atoms with E-state index in [2.05, 4.69) is 30.2 Å². The molecule has 0 aliphatic heterocycles. The van der Waals surface area contributed by atoms with E-state index in [0.717, 1.165) is 17.6 Å². The van der Waals surface area contributed by atoms with Crippen molar-refractivity contribution in [3.8, 4) is 0 Å². The topological polar surface area (TPSA) is 64.1 Å². The Labute approximate surface area is 94.8 Å². The molecule has 0 unspecified atom stereocenters. The van der Waals surface area contributed by atoms with Gasteiger partial charge in [0.2, 0.25) is 0 Å². The zero-order chi connectivity index (χ0) is 11.6. The number of nitrogens with zero attached hydrogens (tertiary/aromatic N) is 1. The first-order chi connectivity index (χ1) is 7.63. The average Bonchev–Trinajstić information content (AvgIpc) is 2.73. The molecule has 0 amide bonds. The fourth-order valence-electron chi connectivity index (χ4n) is 1.76. The fourth-order valence-corrected chi connectivity index (χ4v) is 1.76. The fraction of sp³-hybridized carbons (Fsp3) is 0.417. The summed E-state index contributed by atoms with van der Waals surface area (Å²) in [5, 5.41) is 3.16. The predicted octanol–water partition coefficient (Wildman–Crippen LogP) is 1.61. The number of oxazole rings is 1. The van der Waals surface area contributed by atoms with Crippen LogP contribution in [0.5, 0.6) is 0 Å². The Morgan fingerprint density at radius 1 is 1.44 bits per heavy atom. The molecule has 0 saturated carbocycles. The Kier molecular flexibility index (Phi) is 2.94. The van der Waals surface area contributed by atoms with Crippen LogP contribution >= 0.6 is 0 Å². The zero-order valence-corrected chi connectivity index (χ0v) is 9.66. The Morgan fingerprint density at radius 3 is 3.00 bits per heavy atom. The minimum absolute atomic E-state index is 0.0281. The van der Waals surface area contributed by atoms with E-state index < -0.39 is 0 Å². The van der Waals surface area contributed by atoms with Gasteiger partial charge in [-0.05, 0) is 17.7 Å². The van der Waals surface area contributed by atoms with E-state index in [-0.39, 0.29) is 5.41 Å². The lowest BCUT2D eigenvalue weighted by atomic mass is 9.84. The molecule has 0 spiro atoms. The first-order valence-corrected chi connectivity index (χ1v) is 5.38. The number of nitrogens with two attached hydrogens (primary N) is 1. The van der Waals surface area contributed by atoms with Gasteiger partial charge >= 0.3 is 0 Å². The van der Waals surface area contributed by atoms with Gasteiger partial charge in [-0.1, -0.05) is 19.9 Å². The molecule has 0 aliphatic carbocycles. The van der Waals surface area contributed by atoms with Gasteiger partial charge in [-0.15, -0.1) is 0 Å². The van der Waals surface area contributed by atoms with Crippen molar-refractivity contribution in [2.75, 3.05) is 13.2 Å². The third-order valence-electron chi connectivity index (χ3n) is 2.82. The number of nitrogens with one attached hydrogen (secondary N) is 1. The third-order valence-corrected chi connectivity index (χ3v) is 2.82. The number of rotatable bonds is 4. The van der Waals surface area contributed by atoms with Crippen molar-refractivity contribution in [1.82, 2.24) is 10.3 Å². The summed E-state index contributed by atoms with van der Waals surface area (Å²) in [5.74, 6) is 0. The summed E-state index contributed by atoms with van der Waals surface area (Å²) in [5.41, 5.74) is 8.42. The van der Waals surface area contributed by atoms with Crippen LogP contribution in [0.25, 0.3) is 11.1 Å². The van der Waals surface area contributed by atoms with E-state index >= 15 is 0 Å². The molecular formula is C12H17N3O. The highest BCUT2D eigenvalue weighted by atomic mass is 16.3. The van der Waals surface area contributed by atoms with Gasteiger partial charge in [0.15, 0.2) is 12.0 Å². The van der Waals surface area contributed by atoms with Crippen molar-refractivity contribution in [2.24, 2.45) is 5.73 Å². The minimum Gasteiger partial charge on any atom is -0.443 e. The van der Waals surface area contributed by atoms with Crippen LogP contribution in [-0.4, -0.2) is 18.2 Å². The monoisotopic (exact) mass is 219 g/mol. The molecule has 0 fully saturated rings. The molecule has 1 aromatic carbocycles. The van der Waals surface area contributed by atoms with Crippen LogP contribution in [0.4, 0.5) is 0 Å². The zero-order valence-electron chi connectivity index (χ0n) is 9.66. The molecule has 2 aromatic rings. The Bertz CT molecular complexity index is 476. The summed E-state index contributed by atoms with van der Waals surface area (Å²) in [6.45, 7) is 5.68. The standard InChI is InChI=1S/C12H17N3O/c1-12(2,6-14-7-13)9-3-4-10-11(5-9)16-8-15-10/h3-5,8,14H,6-7,13H2,1-2H3. The maximum atomic E-state index is 5.45. The van der Waals surface area contributed by atoms with Crippen molar-refractivity contribution in [3.05, 3.63) is 30.2 Å². The molecule has 1 heterocycles. The quantitative estimate of drug-likeness (QED) is 0.767. The van der Waals surface area contributed by atoms with Gasteiger partial charge in [0, 0.05) is 18.6 Å². The number of benzene rings is 1. The molecule has 0 radical (unpaired) electrons. The van der Waals surface area contributed by atoms with Crippen molar-refractivity contribution in [2.45, 2.75) is 19.3 Å². The summed E-state index contributed by atoms with van der Waals surface area (Å²) in [6, 6.07) is 6.11. The second kappa shape index (κ2) is 4.23. The molecule has 0 bridgehead atoms. The van der Waals surface area contributed by atoms with E-state index in [1.54, 1.807) is 0 Å². The summed E-state index contributed by atoms with van der Waals surface area (Å²) >= 11 is 0. The number of hydrogen-bond acceptors (Lipinski definition) is 4. The van der Waals surface area contributed by atoms with Crippen LogP contribution in [0, 0.1) is 0 Å². The Hall–Kier alpha value is -1.39. The molecule has 0 saturated heterocycles. The van der Waals surface area contributed by atoms with Crippen molar-refractivity contribution in [3.63, 3.8) is 0 Å². The Morgan fingerprint density at radius 2 is 2.25 bits per heavy atom. The van der Waals surface area contributed by atoms with E-state index in [9.17, 15) is 0 Å². The normalized spacial score (nSPS) is 12.2. The van der Waals surface area contributed by atoms with Gasteiger partial charge in [-0.25, -0.2) is 4.98 Å². The maximum absolute atomic E-state index is 5.45. The lowest BCUT2D eigenvalue weighted by molar-refractivity contribution is 0.474. The molecule has 0 atom stereocenters. The predicted molar refractivity (Wildman–Crippen MR) is 64.1 cm³/mol. The van der Waals surface area contributed by atoms with Gasteiger partial charge in [-0.3, -0.25) is 0 Å². The Balaban J connectivity index is 2.30. The number of hydrogen-bond donors (Lipinski definition) is 2. The smallest absolute Gasteiger partial charge is 0.181 e. The molecule has 16 heavy (non-hydrogen) atoms. The highest BCUT2D eigenvalue weighted by Gasteiger charge is 2.20. The van der Waals surface area contributed by atoms with Gasteiger partial charge in [0.05, 0.1) is 0 Å². The second-order valence-electron chi connectivity index (χ2n) is 4.55. The van der Waals surface area contributed by atoms with Crippen molar-refractivity contribution >= 4 is 11.1 Å². The average molecular weight is 219 g/mol. The lowest BCUT2D eigenvalue weighted by Gasteiger charge is -2.25. The van der Waals surface area contributed by atoms with Crippen LogP contribution in [0.1, 0.15) is 19.4 Å². The van der Waals surface area contributed by atoms with Gasteiger partial charge in [0.25, 0.3) is 0 Å². The summed E-state index contributed by atoms with van der Waals surface area (Å²) < 4.78 is 5.30. The number of aromatic nitrogens is 1. The summed E-state index contributed by atoms with van der Waals surface area (Å²) in [4.78, 5) is 4.10. The van der Waals surface area contributed by atoms with Crippen LogP contribution in [0.2, 0.25) is 0 Å². The van der Waals surface area contributed by atoms with Gasteiger partial charge in [-0.2, -0.15) is 0 Å². The first-order valence-electron chi connectivity index (χ1n) is 5.38. The van der Waals surface area contributed by atoms with E-state index in [4.69, 9.17) is 10.2 Å². The van der Waals surface area contributed by atoms with Crippen LogP contribution in [0.15, 0.2) is 29.0 Å². The largest absolute Gasteiger partial charge is 0.443 e. The van der Waals surface area contributed by atoms with E-state index in [1.165, 1.54) is 12.0 Å². The van der Waals surface area contributed by atoms with Crippen molar-refractivity contribution < 1.29 is 4.42 Å². The maximum Gasteiger partial charge on any atom is 0.181 e. The lowest BCUT2D eigenvalue weighted by Crippen LogP contribution is -2.35. The molecule has 2 rings (SSSR count). The van der Waals surface area contributed by atoms with Gasteiger partial charge < -0.3 is 15.5 Å². The van der Waals surface area contributed by atoms with E-state index in [0.29, 0.717) is 6.67 Å². The molecule has 4 nitrogen and oxygen atoms in total. The van der Waals surface area contributed by atoms with Crippen LogP contribution in [0.3, 0.4) is 0 Å². The van der Waals surface area contributed by atoms with Gasteiger partial charge in [0.1, 0.15) is 5.52 Å². The van der Waals surface area contributed by atoms with Crippen LogP contribution < -0.4 is 11.1 Å². The molecule has 3 N–H and O–H groups in total. The summed E-state index contributed by atoms with van der Waals surface area (Å²) in [6.07, 6.45) is 1.47. The SMILES string of the molecule is CC(C)(CNCN)c1ccc2ncoc2c1. The molecule has 1 aromatic heterocycles. The number of fused-ring (bicyclic) bond motifs is 1. The van der Waals surface area contributed by atoms with E-state index in [1.807, 2.05) is 12.1 Å². The molecular weight excluding hydrogens is 202 g/mol. The van der Waals surface area contributed by atoms with Crippen molar-refractivity contribution in [1.29, 1.82) is 0 Å². The molecule has 86 valence electrons. The second-order valence-corrected chi connectivity index (χ2v) is 4.55. The molecule has 0 aliphatic rings. The highest BCUT2D eigenvalue weighted by Crippen LogP contribution is 2.25. The first kappa shape index (κ1) is 11.1. The molecule has 4 heteroatoms. The minimum atomic E-state index is 0.0281. The highest BCUT2D eigenvalue weighted by molar-refractivity contribution is 5.73. The van der Waals surface area contributed by atoms with Crippen LogP contribution in [-0.2, 0) is 5.41 Å².